The predicted octanol–water partition coefficient (Wildman–Crippen LogP) is 2.29. The molecule has 4 nitrogen and oxygen atoms in total. The Balaban J connectivity index is 2.70. The summed E-state index contributed by atoms with van der Waals surface area (Å²) in [6.07, 6.45) is 3.35. The first-order valence-electron chi connectivity index (χ1n) is 5.34. The van der Waals surface area contributed by atoms with Gasteiger partial charge < -0.3 is 5.11 Å². The lowest BCUT2D eigenvalue weighted by Gasteiger charge is -1.98. The molecule has 0 saturated carbocycles. The van der Waals surface area contributed by atoms with Crippen LogP contribution in [-0.4, -0.2) is 20.5 Å². The number of rotatable bonds is 3. The standard InChI is InChI=1S/C12H14N2O2/c1-3-4-9-11(12(15)16)14-6-5-8(2)7-10(14)13-9/h5-7H,3-4H2,1-2H3,(H,15,16). The summed E-state index contributed by atoms with van der Waals surface area (Å²) >= 11 is 0. The summed E-state index contributed by atoms with van der Waals surface area (Å²) in [4.78, 5) is 15.6. The molecule has 0 saturated heterocycles. The van der Waals surface area contributed by atoms with E-state index in [2.05, 4.69) is 4.98 Å². The first-order chi connectivity index (χ1) is 7.63. The van der Waals surface area contributed by atoms with Gasteiger partial charge in [0.15, 0.2) is 5.69 Å². The van der Waals surface area contributed by atoms with Crippen molar-refractivity contribution in [2.75, 3.05) is 0 Å². The number of aromatic nitrogens is 2. The van der Waals surface area contributed by atoms with Gasteiger partial charge in [-0.15, -0.1) is 0 Å². The van der Waals surface area contributed by atoms with Crippen molar-refractivity contribution in [3.8, 4) is 0 Å². The summed E-state index contributed by atoms with van der Waals surface area (Å²) in [5.41, 5.74) is 2.75. The number of imidazole rings is 1. The zero-order valence-corrected chi connectivity index (χ0v) is 9.40. The fourth-order valence-corrected chi connectivity index (χ4v) is 1.83. The molecule has 0 radical (unpaired) electrons. The minimum atomic E-state index is -0.917. The van der Waals surface area contributed by atoms with Gasteiger partial charge in [-0.1, -0.05) is 13.3 Å². The average Bonchev–Trinajstić information content (AvgIpc) is 2.55. The molecule has 4 heteroatoms. The van der Waals surface area contributed by atoms with Gasteiger partial charge in [-0.2, -0.15) is 0 Å². The lowest BCUT2D eigenvalue weighted by molar-refractivity contribution is 0.0688. The molecule has 2 rings (SSSR count). The maximum atomic E-state index is 11.2. The van der Waals surface area contributed by atoms with Crippen LogP contribution in [0.2, 0.25) is 0 Å². The van der Waals surface area contributed by atoms with E-state index in [0.29, 0.717) is 17.8 Å². The molecule has 2 aromatic heterocycles. The zero-order chi connectivity index (χ0) is 11.7. The first-order valence-corrected chi connectivity index (χ1v) is 5.34. The van der Waals surface area contributed by atoms with Crippen LogP contribution >= 0.6 is 0 Å². The number of carboxylic acids is 1. The molecule has 0 aliphatic carbocycles. The molecule has 84 valence electrons. The van der Waals surface area contributed by atoms with Crippen molar-refractivity contribution in [1.29, 1.82) is 0 Å². The van der Waals surface area contributed by atoms with E-state index in [0.717, 1.165) is 12.0 Å². The number of hydrogen-bond acceptors (Lipinski definition) is 2. The van der Waals surface area contributed by atoms with Gasteiger partial charge in [-0.25, -0.2) is 9.78 Å². The lowest BCUT2D eigenvalue weighted by atomic mass is 10.2. The van der Waals surface area contributed by atoms with Gasteiger partial charge in [0.25, 0.3) is 0 Å². The van der Waals surface area contributed by atoms with Crippen molar-refractivity contribution >= 4 is 11.6 Å². The van der Waals surface area contributed by atoms with Crippen LogP contribution < -0.4 is 0 Å². The summed E-state index contributed by atoms with van der Waals surface area (Å²) in [7, 11) is 0. The molecular weight excluding hydrogens is 204 g/mol. The van der Waals surface area contributed by atoms with Crippen LogP contribution in [0.5, 0.6) is 0 Å². The highest BCUT2D eigenvalue weighted by atomic mass is 16.4. The van der Waals surface area contributed by atoms with Crippen molar-refractivity contribution in [3.63, 3.8) is 0 Å². The predicted molar refractivity (Wildman–Crippen MR) is 60.9 cm³/mol. The second-order valence-corrected chi connectivity index (χ2v) is 3.89. The number of carboxylic acid groups (broad SMARTS) is 1. The largest absolute Gasteiger partial charge is 0.477 e. The molecular formula is C12H14N2O2. The number of nitrogens with zero attached hydrogens (tertiary/aromatic N) is 2. The van der Waals surface area contributed by atoms with Crippen molar-refractivity contribution in [1.82, 2.24) is 9.38 Å². The summed E-state index contributed by atoms with van der Waals surface area (Å²) in [6.45, 7) is 3.98. The number of aromatic carboxylic acids is 1. The van der Waals surface area contributed by atoms with Crippen molar-refractivity contribution < 1.29 is 9.90 Å². The minimum absolute atomic E-state index is 0.289. The monoisotopic (exact) mass is 218 g/mol. The van der Waals surface area contributed by atoms with E-state index >= 15 is 0 Å². The second-order valence-electron chi connectivity index (χ2n) is 3.89. The minimum Gasteiger partial charge on any atom is -0.477 e. The van der Waals surface area contributed by atoms with Crippen LogP contribution in [0.3, 0.4) is 0 Å². The maximum absolute atomic E-state index is 11.2. The van der Waals surface area contributed by atoms with Crippen LogP contribution in [0, 0.1) is 6.92 Å². The summed E-state index contributed by atoms with van der Waals surface area (Å²) in [6, 6.07) is 3.78. The number of hydrogen-bond donors (Lipinski definition) is 1. The molecule has 0 unspecified atom stereocenters. The third kappa shape index (κ3) is 1.66. The van der Waals surface area contributed by atoms with Gasteiger partial charge in [-0.3, -0.25) is 4.40 Å². The third-order valence-electron chi connectivity index (χ3n) is 2.54. The lowest BCUT2D eigenvalue weighted by Crippen LogP contribution is -2.05. The maximum Gasteiger partial charge on any atom is 0.354 e. The first kappa shape index (κ1) is 10.7. The highest BCUT2D eigenvalue weighted by Crippen LogP contribution is 2.15. The quantitative estimate of drug-likeness (QED) is 0.859. The van der Waals surface area contributed by atoms with Crippen LogP contribution in [0.25, 0.3) is 5.65 Å². The van der Waals surface area contributed by atoms with Gasteiger partial charge in [0, 0.05) is 6.20 Å². The summed E-state index contributed by atoms with van der Waals surface area (Å²) < 4.78 is 1.64. The zero-order valence-electron chi connectivity index (χ0n) is 9.40. The molecule has 2 heterocycles. The van der Waals surface area contributed by atoms with E-state index in [-0.39, 0.29) is 5.69 Å². The Hall–Kier alpha value is -1.84. The van der Waals surface area contributed by atoms with Crippen LogP contribution in [0.15, 0.2) is 18.3 Å². The molecule has 0 aromatic carbocycles. The normalized spacial score (nSPS) is 10.9. The number of fused-ring (bicyclic) bond motifs is 1. The Morgan fingerprint density at radius 2 is 2.31 bits per heavy atom. The van der Waals surface area contributed by atoms with Gasteiger partial charge in [0.1, 0.15) is 5.65 Å². The van der Waals surface area contributed by atoms with E-state index < -0.39 is 5.97 Å². The fraction of sp³-hybridized carbons (Fsp3) is 0.333. The third-order valence-corrected chi connectivity index (χ3v) is 2.54. The molecule has 0 aliphatic heterocycles. The van der Waals surface area contributed by atoms with Gasteiger partial charge in [0.2, 0.25) is 0 Å². The van der Waals surface area contributed by atoms with E-state index in [1.165, 1.54) is 0 Å². The number of pyridine rings is 1. The highest BCUT2D eigenvalue weighted by Gasteiger charge is 2.17. The molecule has 0 spiro atoms. The Morgan fingerprint density at radius 1 is 1.56 bits per heavy atom. The van der Waals surface area contributed by atoms with E-state index in [4.69, 9.17) is 0 Å². The Morgan fingerprint density at radius 3 is 2.94 bits per heavy atom. The molecule has 0 aliphatic rings. The van der Waals surface area contributed by atoms with Crippen molar-refractivity contribution in [3.05, 3.63) is 35.3 Å². The topological polar surface area (TPSA) is 54.6 Å². The summed E-state index contributed by atoms with van der Waals surface area (Å²) in [5, 5.41) is 9.19. The Bertz CT molecular complexity index is 543. The molecule has 1 N–H and O–H groups in total. The molecule has 0 fully saturated rings. The van der Waals surface area contributed by atoms with E-state index in [9.17, 15) is 9.90 Å². The smallest absolute Gasteiger partial charge is 0.354 e. The van der Waals surface area contributed by atoms with Crippen LogP contribution in [0.1, 0.15) is 35.1 Å². The van der Waals surface area contributed by atoms with Gasteiger partial charge in [-0.05, 0) is 31.0 Å². The molecule has 0 bridgehead atoms. The van der Waals surface area contributed by atoms with Crippen LogP contribution in [-0.2, 0) is 6.42 Å². The second kappa shape index (κ2) is 3.96. The van der Waals surface area contributed by atoms with Gasteiger partial charge in [0.05, 0.1) is 5.69 Å². The van der Waals surface area contributed by atoms with Crippen LogP contribution in [0.4, 0.5) is 0 Å². The SMILES string of the molecule is CCCc1nc2cc(C)ccn2c1C(=O)O. The molecule has 0 atom stereocenters. The van der Waals surface area contributed by atoms with E-state index in [1.54, 1.807) is 10.6 Å². The molecule has 2 aromatic rings. The van der Waals surface area contributed by atoms with Gasteiger partial charge >= 0.3 is 5.97 Å². The fourth-order valence-electron chi connectivity index (χ4n) is 1.83. The molecule has 0 amide bonds. The Labute approximate surface area is 93.5 Å². The molecule has 16 heavy (non-hydrogen) atoms. The highest BCUT2D eigenvalue weighted by molar-refractivity contribution is 5.88. The number of carbonyl (C=O) groups is 1. The van der Waals surface area contributed by atoms with Crippen molar-refractivity contribution in [2.45, 2.75) is 26.7 Å². The number of aryl methyl sites for hydroxylation is 2. The van der Waals surface area contributed by atoms with E-state index in [1.807, 2.05) is 26.0 Å². The average molecular weight is 218 g/mol. The summed E-state index contributed by atoms with van der Waals surface area (Å²) in [5.74, 6) is -0.917. The van der Waals surface area contributed by atoms with Crippen molar-refractivity contribution in [2.24, 2.45) is 0 Å². The Kier molecular flexibility index (Phi) is 2.64.